The molecule has 21 heavy (non-hydrogen) atoms. The largest absolute Gasteiger partial charge is 0.494 e. The van der Waals surface area contributed by atoms with Gasteiger partial charge < -0.3 is 9.72 Å². The summed E-state index contributed by atoms with van der Waals surface area (Å²) in [5.74, 6) is 2.43. The number of ether oxygens (including phenoxy) is 1. The zero-order valence-electron chi connectivity index (χ0n) is 12.5. The Morgan fingerprint density at radius 1 is 1.10 bits per heavy atom. The molecule has 0 aliphatic carbocycles. The molecule has 3 aromatic rings. The summed E-state index contributed by atoms with van der Waals surface area (Å²) in [5, 5.41) is 0. The van der Waals surface area contributed by atoms with E-state index in [0.29, 0.717) is 5.92 Å². The van der Waals surface area contributed by atoms with E-state index in [0.717, 1.165) is 41.2 Å². The first-order chi connectivity index (χ1) is 10.2. The Morgan fingerprint density at radius 3 is 2.76 bits per heavy atom. The summed E-state index contributed by atoms with van der Waals surface area (Å²) in [7, 11) is 0. The van der Waals surface area contributed by atoms with E-state index in [1.165, 1.54) is 0 Å². The second-order valence-electron chi connectivity index (χ2n) is 5.66. The Morgan fingerprint density at radius 2 is 1.95 bits per heavy atom. The molecule has 0 saturated carbocycles. The van der Waals surface area contributed by atoms with Crippen molar-refractivity contribution < 1.29 is 4.74 Å². The second kappa shape index (κ2) is 6.00. The SMILES string of the molecule is CC(C)CCOc1cccc(-c2nc3ccccc3[nH]2)c1. The first-order valence-electron chi connectivity index (χ1n) is 7.40. The van der Waals surface area contributed by atoms with Crippen molar-refractivity contribution >= 4 is 11.0 Å². The molecule has 0 atom stereocenters. The molecule has 2 aromatic carbocycles. The van der Waals surface area contributed by atoms with Crippen molar-refractivity contribution in [2.45, 2.75) is 20.3 Å². The standard InChI is InChI=1S/C18H20N2O/c1-13(2)10-11-21-15-7-5-6-14(12-15)18-19-16-8-3-4-9-17(16)20-18/h3-9,12-13H,10-11H2,1-2H3,(H,19,20). The van der Waals surface area contributed by atoms with E-state index in [-0.39, 0.29) is 0 Å². The van der Waals surface area contributed by atoms with Crippen LogP contribution < -0.4 is 4.74 Å². The predicted octanol–water partition coefficient (Wildman–Crippen LogP) is 4.65. The molecular weight excluding hydrogens is 260 g/mol. The maximum Gasteiger partial charge on any atom is 0.138 e. The lowest BCUT2D eigenvalue weighted by Crippen LogP contribution is -2.01. The number of hydrogen-bond acceptors (Lipinski definition) is 2. The highest BCUT2D eigenvalue weighted by atomic mass is 16.5. The fraction of sp³-hybridized carbons (Fsp3) is 0.278. The zero-order valence-corrected chi connectivity index (χ0v) is 12.5. The topological polar surface area (TPSA) is 37.9 Å². The van der Waals surface area contributed by atoms with E-state index in [1.54, 1.807) is 0 Å². The van der Waals surface area contributed by atoms with Gasteiger partial charge in [-0.25, -0.2) is 4.98 Å². The summed E-state index contributed by atoms with van der Waals surface area (Å²) in [5.41, 5.74) is 3.09. The maximum atomic E-state index is 5.81. The van der Waals surface area contributed by atoms with E-state index in [1.807, 2.05) is 48.5 Å². The van der Waals surface area contributed by atoms with Gasteiger partial charge in [-0.15, -0.1) is 0 Å². The summed E-state index contributed by atoms with van der Waals surface area (Å²) < 4.78 is 5.81. The van der Waals surface area contributed by atoms with Crippen LogP contribution in [0, 0.1) is 5.92 Å². The molecule has 3 rings (SSSR count). The summed E-state index contributed by atoms with van der Waals surface area (Å²) in [6.07, 6.45) is 1.06. The maximum absolute atomic E-state index is 5.81. The summed E-state index contributed by atoms with van der Waals surface area (Å²) >= 11 is 0. The highest BCUT2D eigenvalue weighted by molar-refractivity contribution is 5.79. The molecule has 0 aliphatic heterocycles. The van der Waals surface area contributed by atoms with E-state index in [4.69, 9.17) is 4.74 Å². The molecule has 0 saturated heterocycles. The van der Waals surface area contributed by atoms with Gasteiger partial charge >= 0.3 is 0 Å². The molecule has 108 valence electrons. The van der Waals surface area contributed by atoms with Crippen LogP contribution in [0.4, 0.5) is 0 Å². The van der Waals surface area contributed by atoms with Crippen LogP contribution in [0.15, 0.2) is 48.5 Å². The van der Waals surface area contributed by atoms with E-state index in [2.05, 4.69) is 23.8 Å². The predicted molar refractivity (Wildman–Crippen MR) is 86.5 cm³/mol. The van der Waals surface area contributed by atoms with E-state index < -0.39 is 0 Å². The zero-order chi connectivity index (χ0) is 14.7. The molecular formula is C18H20N2O. The molecule has 3 nitrogen and oxygen atoms in total. The molecule has 1 heterocycles. The first kappa shape index (κ1) is 13.7. The van der Waals surface area contributed by atoms with Gasteiger partial charge in [0, 0.05) is 5.56 Å². The van der Waals surface area contributed by atoms with Crippen LogP contribution in [0.3, 0.4) is 0 Å². The van der Waals surface area contributed by atoms with Gasteiger partial charge in [-0.2, -0.15) is 0 Å². The van der Waals surface area contributed by atoms with Gasteiger partial charge in [0.1, 0.15) is 11.6 Å². The fourth-order valence-electron chi connectivity index (χ4n) is 2.24. The number of para-hydroxylation sites is 2. The third-order valence-corrected chi connectivity index (χ3v) is 3.46. The summed E-state index contributed by atoms with van der Waals surface area (Å²) in [6.45, 7) is 5.16. The van der Waals surface area contributed by atoms with Crippen molar-refractivity contribution in [3.63, 3.8) is 0 Å². The second-order valence-corrected chi connectivity index (χ2v) is 5.66. The number of nitrogens with one attached hydrogen (secondary N) is 1. The van der Waals surface area contributed by atoms with Crippen LogP contribution in [0.2, 0.25) is 0 Å². The van der Waals surface area contributed by atoms with Crippen molar-refractivity contribution in [1.82, 2.24) is 9.97 Å². The van der Waals surface area contributed by atoms with Crippen LogP contribution in [0.5, 0.6) is 5.75 Å². The van der Waals surface area contributed by atoms with Crippen LogP contribution in [0.25, 0.3) is 22.4 Å². The van der Waals surface area contributed by atoms with Gasteiger partial charge in [0.15, 0.2) is 0 Å². The van der Waals surface area contributed by atoms with Gasteiger partial charge in [-0.1, -0.05) is 38.1 Å². The van der Waals surface area contributed by atoms with Crippen molar-refractivity contribution in [3.05, 3.63) is 48.5 Å². The minimum absolute atomic E-state index is 0.656. The number of nitrogens with zero attached hydrogens (tertiary/aromatic N) is 1. The molecule has 0 unspecified atom stereocenters. The number of H-pyrrole nitrogens is 1. The number of imidazole rings is 1. The molecule has 0 amide bonds. The van der Waals surface area contributed by atoms with Crippen molar-refractivity contribution in [2.75, 3.05) is 6.61 Å². The Labute approximate surface area is 125 Å². The Bertz CT molecular complexity index is 698. The van der Waals surface area contributed by atoms with Crippen molar-refractivity contribution in [2.24, 2.45) is 5.92 Å². The Balaban J connectivity index is 1.81. The third-order valence-electron chi connectivity index (χ3n) is 3.46. The lowest BCUT2D eigenvalue weighted by atomic mass is 10.1. The monoisotopic (exact) mass is 280 g/mol. The third kappa shape index (κ3) is 3.24. The van der Waals surface area contributed by atoms with Gasteiger partial charge in [0.25, 0.3) is 0 Å². The number of benzene rings is 2. The number of aromatic amines is 1. The molecule has 1 aromatic heterocycles. The molecule has 1 N–H and O–H groups in total. The van der Waals surface area contributed by atoms with Gasteiger partial charge in [-0.05, 0) is 36.6 Å². The lowest BCUT2D eigenvalue weighted by molar-refractivity contribution is 0.289. The number of hydrogen-bond donors (Lipinski definition) is 1. The molecule has 0 fully saturated rings. The van der Waals surface area contributed by atoms with Crippen LogP contribution in [0.1, 0.15) is 20.3 Å². The summed E-state index contributed by atoms with van der Waals surface area (Å²) in [6, 6.07) is 16.1. The fourth-order valence-corrected chi connectivity index (χ4v) is 2.24. The van der Waals surface area contributed by atoms with E-state index in [9.17, 15) is 0 Å². The lowest BCUT2D eigenvalue weighted by Gasteiger charge is -2.08. The van der Waals surface area contributed by atoms with Crippen molar-refractivity contribution in [1.29, 1.82) is 0 Å². The van der Waals surface area contributed by atoms with Gasteiger partial charge in [-0.3, -0.25) is 0 Å². The minimum Gasteiger partial charge on any atom is -0.494 e. The molecule has 0 radical (unpaired) electrons. The quantitative estimate of drug-likeness (QED) is 0.738. The highest BCUT2D eigenvalue weighted by Gasteiger charge is 2.06. The minimum atomic E-state index is 0.656. The first-order valence-corrected chi connectivity index (χ1v) is 7.40. The highest BCUT2D eigenvalue weighted by Crippen LogP contribution is 2.24. The van der Waals surface area contributed by atoms with E-state index >= 15 is 0 Å². The average molecular weight is 280 g/mol. The number of fused-ring (bicyclic) bond motifs is 1. The summed E-state index contributed by atoms with van der Waals surface area (Å²) in [4.78, 5) is 7.97. The van der Waals surface area contributed by atoms with Crippen molar-refractivity contribution in [3.8, 4) is 17.1 Å². The van der Waals surface area contributed by atoms with Crippen LogP contribution in [-0.4, -0.2) is 16.6 Å². The molecule has 0 bridgehead atoms. The smallest absolute Gasteiger partial charge is 0.138 e. The molecule has 0 aliphatic rings. The Kier molecular flexibility index (Phi) is 3.91. The molecule has 0 spiro atoms. The Hall–Kier alpha value is -2.29. The average Bonchev–Trinajstić information content (AvgIpc) is 2.91. The number of aromatic nitrogens is 2. The van der Waals surface area contributed by atoms with Gasteiger partial charge in [0.2, 0.25) is 0 Å². The number of rotatable bonds is 5. The van der Waals surface area contributed by atoms with Gasteiger partial charge in [0.05, 0.1) is 17.6 Å². The molecule has 3 heteroatoms. The van der Waals surface area contributed by atoms with Crippen LogP contribution in [-0.2, 0) is 0 Å². The normalized spacial score (nSPS) is 11.2. The van der Waals surface area contributed by atoms with Crippen LogP contribution >= 0.6 is 0 Å².